The van der Waals surface area contributed by atoms with Crippen molar-refractivity contribution in [3.05, 3.63) is 59.7 Å². The molecule has 1 N–H and O–H groups in total. The van der Waals surface area contributed by atoms with Gasteiger partial charge in [0.2, 0.25) is 0 Å². The van der Waals surface area contributed by atoms with Crippen LogP contribution in [0.2, 0.25) is 0 Å². The second-order valence-electron chi connectivity index (χ2n) is 6.95. The average Bonchev–Trinajstić information content (AvgIpc) is 3.28. The highest BCUT2D eigenvalue weighted by Crippen LogP contribution is 2.28. The summed E-state index contributed by atoms with van der Waals surface area (Å²) in [7, 11) is 0. The lowest BCUT2D eigenvalue weighted by atomic mass is 10.2. The number of esters is 1. The molecule has 172 valence electrons. The fourth-order valence-electron chi connectivity index (χ4n) is 3.05. The maximum atomic E-state index is 12.5. The summed E-state index contributed by atoms with van der Waals surface area (Å²) in [4.78, 5) is 25.2. The third-order valence-corrected chi connectivity index (χ3v) is 5.77. The summed E-state index contributed by atoms with van der Waals surface area (Å²) in [5, 5.41) is 2.42. The Kier molecular flexibility index (Phi) is 8.40. The van der Waals surface area contributed by atoms with E-state index in [1.807, 2.05) is 6.07 Å². The SMILES string of the molecule is O=C(COC(=O)c1ccccc1SCC1CCCO1)NCc1ccccc1OC(F)(F)F. The smallest absolute Gasteiger partial charge is 0.452 e. The monoisotopic (exact) mass is 469 g/mol. The Morgan fingerprint density at radius 2 is 1.88 bits per heavy atom. The highest BCUT2D eigenvalue weighted by atomic mass is 32.2. The number of rotatable bonds is 9. The van der Waals surface area contributed by atoms with Gasteiger partial charge in [-0.25, -0.2) is 4.79 Å². The Balaban J connectivity index is 1.50. The molecule has 0 saturated carbocycles. The van der Waals surface area contributed by atoms with Crippen LogP contribution in [0.15, 0.2) is 53.4 Å². The predicted molar refractivity (Wildman–Crippen MR) is 111 cm³/mol. The van der Waals surface area contributed by atoms with Crippen molar-refractivity contribution in [2.45, 2.75) is 36.7 Å². The van der Waals surface area contributed by atoms with Crippen molar-refractivity contribution in [2.75, 3.05) is 19.0 Å². The Morgan fingerprint density at radius 1 is 1.12 bits per heavy atom. The van der Waals surface area contributed by atoms with Crippen LogP contribution >= 0.6 is 11.8 Å². The van der Waals surface area contributed by atoms with Crippen molar-refractivity contribution in [1.29, 1.82) is 0 Å². The molecule has 6 nitrogen and oxygen atoms in total. The topological polar surface area (TPSA) is 73.9 Å². The van der Waals surface area contributed by atoms with Crippen molar-refractivity contribution in [3.8, 4) is 5.75 Å². The van der Waals surface area contributed by atoms with E-state index in [-0.39, 0.29) is 18.2 Å². The van der Waals surface area contributed by atoms with Crippen molar-refractivity contribution in [3.63, 3.8) is 0 Å². The number of hydrogen-bond donors (Lipinski definition) is 1. The number of benzene rings is 2. The first kappa shape index (κ1) is 23.9. The first-order valence-corrected chi connectivity index (χ1v) is 10.9. The van der Waals surface area contributed by atoms with Crippen LogP contribution in [-0.2, 0) is 20.8 Å². The zero-order valence-electron chi connectivity index (χ0n) is 17.0. The zero-order chi connectivity index (χ0) is 23.0. The number of thioether (sulfide) groups is 1. The molecule has 0 aromatic heterocycles. The maximum absolute atomic E-state index is 12.5. The van der Waals surface area contributed by atoms with Gasteiger partial charge in [-0.15, -0.1) is 24.9 Å². The van der Waals surface area contributed by atoms with Gasteiger partial charge >= 0.3 is 12.3 Å². The summed E-state index contributed by atoms with van der Waals surface area (Å²) in [6, 6.07) is 12.4. The molecule has 2 aromatic carbocycles. The largest absolute Gasteiger partial charge is 0.573 e. The van der Waals surface area contributed by atoms with Gasteiger partial charge in [-0.1, -0.05) is 30.3 Å². The molecule has 1 aliphatic rings. The van der Waals surface area contributed by atoms with Crippen LogP contribution in [0, 0.1) is 0 Å². The molecule has 0 aliphatic carbocycles. The number of halogens is 3. The predicted octanol–water partition coefficient (Wildman–Crippen LogP) is 4.33. The Hall–Kier alpha value is -2.72. The Labute approximate surface area is 187 Å². The molecule has 1 amide bonds. The van der Waals surface area contributed by atoms with E-state index in [2.05, 4.69) is 10.1 Å². The maximum Gasteiger partial charge on any atom is 0.573 e. The van der Waals surface area contributed by atoms with E-state index in [0.717, 1.165) is 30.4 Å². The van der Waals surface area contributed by atoms with E-state index in [1.54, 1.807) is 18.2 Å². The normalized spacial score (nSPS) is 15.9. The number of para-hydroxylation sites is 1. The summed E-state index contributed by atoms with van der Waals surface area (Å²) >= 11 is 1.49. The first-order valence-electron chi connectivity index (χ1n) is 9.93. The Bertz CT molecular complexity index is 932. The van der Waals surface area contributed by atoms with E-state index in [4.69, 9.17) is 9.47 Å². The van der Waals surface area contributed by atoms with Crippen LogP contribution in [0.25, 0.3) is 0 Å². The number of carbonyl (C=O) groups is 2. The van der Waals surface area contributed by atoms with E-state index < -0.39 is 30.6 Å². The van der Waals surface area contributed by atoms with Gasteiger partial charge in [0.1, 0.15) is 5.75 Å². The van der Waals surface area contributed by atoms with Gasteiger partial charge < -0.3 is 19.5 Å². The van der Waals surface area contributed by atoms with Crippen molar-refractivity contribution in [1.82, 2.24) is 5.32 Å². The lowest BCUT2D eigenvalue weighted by molar-refractivity contribution is -0.274. The minimum Gasteiger partial charge on any atom is -0.452 e. The second kappa shape index (κ2) is 11.2. The molecule has 0 spiro atoms. The van der Waals surface area contributed by atoms with Crippen LogP contribution in [-0.4, -0.2) is 43.3 Å². The summed E-state index contributed by atoms with van der Waals surface area (Å²) in [5.41, 5.74) is 0.479. The molecular weight excluding hydrogens is 447 g/mol. The number of nitrogens with one attached hydrogen (secondary N) is 1. The molecule has 1 aliphatic heterocycles. The van der Waals surface area contributed by atoms with E-state index in [0.29, 0.717) is 11.3 Å². The molecule has 10 heteroatoms. The standard InChI is InChI=1S/C22H22F3NO5S/c23-22(24,25)31-18-9-3-1-6-15(18)12-26-20(27)13-30-21(28)17-8-2-4-10-19(17)32-14-16-7-5-11-29-16/h1-4,6,8-10,16H,5,7,11-14H2,(H,26,27). The molecule has 0 radical (unpaired) electrons. The van der Waals surface area contributed by atoms with Crippen molar-refractivity contribution in [2.24, 2.45) is 0 Å². The zero-order valence-corrected chi connectivity index (χ0v) is 17.8. The Morgan fingerprint density at radius 3 is 2.62 bits per heavy atom. The fraction of sp³-hybridized carbons (Fsp3) is 0.364. The van der Waals surface area contributed by atoms with Crippen LogP contribution < -0.4 is 10.1 Å². The van der Waals surface area contributed by atoms with Crippen LogP contribution in [0.5, 0.6) is 5.75 Å². The molecular formula is C22H22F3NO5S. The van der Waals surface area contributed by atoms with E-state index in [1.165, 1.54) is 30.0 Å². The van der Waals surface area contributed by atoms with Crippen LogP contribution in [0.1, 0.15) is 28.8 Å². The van der Waals surface area contributed by atoms with Gasteiger partial charge in [0.25, 0.3) is 5.91 Å². The molecule has 0 bridgehead atoms. The third kappa shape index (κ3) is 7.45. The summed E-state index contributed by atoms with van der Waals surface area (Å²) < 4.78 is 52.1. The molecule has 1 saturated heterocycles. The summed E-state index contributed by atoms with van der Waals surface area (Å²) in [6.45, 7) is -0.0286. The van der Waals surface area contributed by atoms with Gasteiger partial charge in [0.05, 0.1) is 11.7 Å². The van der Waals surface area contributed by atoms with Gasteiger partial charge in [0, 0.05) is 29.4 Å². The molecule has 3 rings (SSSR count). The van der Waals surface area contributed by atoms with Gasteiger partial charge in [-0.2, -0.15) is 0 Å². The number of carbonyl (C=O) groups excluding carboxylic acids is 2. The van der Waals surface area contributed by atoms with Gasteiger partial charge in [-0.05, 0) is 31.0 Å². The van der Waals surface area contributed by atoms with E-state index in [9.17, 15) is 22.8 Å². The number of hydrogen-bond acceptors (Lipinski definition) is 6. The van der Waals surface area contributed by atoms with E-state index >= 15 is 0 Å². The van der Waals surface area contributed by atoms with Crippen molar-refractivity contribution >= 4 is 23.6 Å². The van der Waals surface area contributed by atoms with Gasteiger partial charge in [-0.3, -0.25) is 4.79 Å². The molecule has 1 fully saturated rings. The second-order valence-corrected chi connectivity index (χ2v) is 8.01. The molecule has 1 atom stereocenters. The molecule has 2 aromatic rings. The summed E-state index contributed by atoms with van der Waals surface area (Å²) in [5.74, 6) is -1.000. The minimum atomic E-state index is -4.84. The molecule has 1 heterocycles. The van der Waals surface area contributed by atoms with Gasteiger partial charge in [0.15, 0.2) is 6.61 Å². The van der Waals surface area contributed by atoms with Crippen LogP contribution in [0.4, 0.5) is 13.2 Å². The fourth-order valence-corrected chi connectivity index (χ4v) is 4.16. The lowest BCUT2D eigenvalue weighted by Crippen LogP contribution is -2.29. The summed E-state index contributed by atoms with van der Waals surface area (Å²) in [6.07, 6.45) is -2.68. The highest BCUT2D eigenvalue weighted by molar-refractivity contribution is 7.99. The first-order chi connectivity index (χ1) is 15.3. The number of ether oxygens (including phenoxy) is 3. The molecule has 32 heavy (non-hydrogen) atoms. The lowest BCUT2D eigenvalue weighted by Gasteiger charge is -2.14. The highest BCUT2D eigenvalue weighted by Gasteiger charge is 2.32. The quantitative estimate of drug-likeness (QED) is 0.435. The number of alkyl halides is 3. The van der Waals surface area contributed by atoms with Crippen LogP contribution in [0.3, 0.4) is 0 Å². The number of amides is 1. The minimum absolute atomic E-state index is 0.139. The van der Waals surface area contributed by atoms with Crippen molar-refractivity contribution < 1.29 is 37.0 Å². The average molecular weight is 469 g/mol. The third-order valence-electron chi connectivity index (χ3n) is 4.56. The molecule has 1 unspecified atom stereocenters.